The van der Waals surface area contributed by atoms with E-state index in [1.807, 2.05) is 23.1 Å². The van der Waals surface area contributed by atoms with E-state index in [-0.39, 0.29) is 6.03 Å². The van der Waals surface area contributed by atoms with Crippen LogP contribution in [0.25, 0.3) is 0 Å². The molecule has 1 aromatic carbocycles. The Morgan fingerprint density at radius 2 is 1.88 bits per heavy atom. The predicted octanol–water partition coefficient (Wildman–Crippen LogP) is 4.85. The molecule has 1 heterocycles. The molecule has 2 amide bonds. The van der Waals surface area contributed by atoms with E-state index in [2.05, 4.69) is 36.2 Å². The molecule has 1 N–H and O–H groups in total. The zero-order chi connectivity index (χ0) is 18.4. The van der Waals surface area contributed by atoms with Crippen LogP contribution < -0.4 is 5.32 Å². The second-order valence-corrected chi connectivity index (χ2v) is 7.86. The van der Waals surface area contributed by atoms with Crippen LogP contribution in [0.3, 0.4) is 0 Å². The number of anilines is 1. The first-order valence-electron chi connectivity index (χ1n) is 10.2. The van der Waals surface area contributed by atoms with Crippen LogP contribution in [0.2, 0.25) is 0 Å². The number of amides is 2. The van der Waals surface area contributed by atoms with Gasteiger partial charge in [-0.25, -0.2) is 4.79 Å². The van der Waals surface area contributed by atoms with Gasteiger partial charge in [0, 0.05) is 38.4 Å². The maximum absolute atomic E-state index is 12.6. The van der Waals surface area contributed by atoms with Crippen molar-refractivity contribution < 1.29 is 4.79 Å². The lowest BCUT2D eigenvalue weighted by Gasteiger charge is -2.35. The number of nitrogens with zero attached hydrogens (tertiary/aromatic N) is 2. The molecule has 0 aromatic heterocycles. The quantitative estimate of drug-likeness (QED) is 0.766. The molecule has 142 valence electrons. The Morgan fingerprint density at radius 1 is 1.12 bits per heavy atom. The molecule has 0 radical (unpaired) electrons. The van der Waals surface area contributed by atoms with E-state index in [1.165, 1.54) is 37.7 Å². The van der Waals surface area contributed by atoms with Crippen molar-refractivity contribution in [2.24, 2.45) is 0 Å². The third-order valence-corrected chi connectivity index (χ3v) is 5.62. The van der Waals surface area contributed by atoms with Crippen LogP contribution in [-0.2, 0) is 0 Å². The Bertz CT molecular complexity index is 630. The molecule has 3 rings (SSSR count). The molecule has 0 spiro atoms. The van der Waals surface area contributed by atoms with Crippen LogP contribution in [0, 0.1) is 0 Å². The summed E-state index contributed by atoms with van der Waals surface area (Å²) in [5.74, 6) is 0.400. The Labute approximate surface area is 158 Å². The summed E-state index contributed by atoms with van der Waals surface area (Å²) in [5, 5.41) is 3.12. The van der Waals surface area contributed by atoms with Gasteiger partial charge >= 0.3 is 6.03 Å². The van der Waals surface area contributed by atoms with Gasteiger partial charge in [-0.2, -0.15) is 0 Å². The highest BCUT2D eigenvalue weighted by molar-refractivity contribution is 5.90. The number of carbonyl (C=O) groups is 1. The number of allylic oxidation sites excluding steroid dienone is 1. The summed E-state index contributed by atoms with van der Waals surface area (Å²) in [7, 11) is 0. The number of piperazine rings is 1. The number of urea groups is 1. The second-order valence-electron chi connectivity index (χ2n) is 7.86. The minimum atomic E-state index is 0.0349. The maximum atomic E-state index is 12.6. The summed E-state index contributed by atoms with van der Waals surface area (Å²) >= 11 is 0. The van der Waals surface area contributed by atoms with Crippen molar-refractivity contribution in [2.75, 3.05) is 38.0 Å². The largest absolute Gasteiger partial charge is 0.322 e. The number of nitrogens with one attached hydrogen (secondary N) is 1. The maximum Gasteiger partial charge on any atom is 0.321 e. The van der Waals surface area contributed by atoms with E-state index in [0.717, 1.165) is 38.4 Å². The third-order valence-electron chi connectivity index (χ3n) is 5.62. The number of benzene rings is 1. The summed E-state index contributed by atoms with van der Waals surface area (Å²) in [6.45, 7) is 9.04. The smallest absolute Gasteiger partial charge is 0.321 e. The summed E-state index contributed by atoms with van der Waals surface area (Å²) in [6.07, 6.45) is 8.92. The van der Waals surface area contributed by atoms with Crippen LogP contribution in [0.4, 0.5) is 10.5 Å². The molecule has 2 aliphatic rings. The van der Waals surface area contributed by atoms with E-state index in [4.69, 9.17) is 0 Å². The van der Waals surface area contributed by atoms with E-state index in [9.17, 15) is 4.79 Å². The van der Waals surface area contributed by atoms with Gasteiger partial charge in [0.05, 0.1) is 0 Å². The molecule has 1 aromatic rings. The van der Waals surface area contributed by atoms with Crippen molar-refractivity contribution in [2.45, 2.75) is 51.9 Å². The van der Waals surface area contributed by atoms with Crippen LogP contribution in [-0.4, -0.2) is 48.6 Å². The Kier molecular flexibility index (Phi) is 6.73. The number of hydrogen-bond donors (Lipinski definition) is 1. The average molecular weight is 356 g/mol. The van der Waals surface area contributed by atoms with Crippen LogP contribution in [0.1, 0.15) is 57.4 Å². The lowest BCUT2D eigenvalue weighted by Crippen LogP contribution is -2.50. The topological polar surface area (TPSA) is 35.6 Å². The highest BCUT2D eigenvalue weighted by Gasteiger charge is 2.22. The van der Waals surface area contributed by atoms with Gasteiger partial charge < -0.3 is 10.2 Å². The first-order valence-corrected chi connectivity index (χ1v) is 10.2. The standard InChI is InChI=1S/C22H33N3O/c1-18(2)20-10-6-7-11-21(20)23-22(26)25-16-14-24(15-17-25)13-12-19-8-4-3-5-9-19/h6-8,10-11,18H,3-5,9,12-17H2,1-2H3,(H,23,26). The molecule has 26 heavy (non-hydrogen) atoms. The molecule has 4 nitrogen and oxygen atoms in total. The van der Waals surface area contributed by atoms with Gasteiger partial charge in [-0.15, -0.1) is 0 Å². The number of carbonyl (C=O) groups excluding carboxylic acids is 1. The minimum Gasteiger partial charge on any atom is -0.322 e. The molecule has 1 aliphatic carbocycles. The normalized spacial score (nSPS) is 18.7. The molecule has 1 fully saturated rings. The van der Waals surface area contributed by atoms with Crippen LogP contribution in [0.15, 0.2) is 35.9 Å². The minimum absolute atomic E-state index is 0.0349. The first-order chi connectivity index (χ1) is 12.6. The summed E-state index contributed by atoms with van der Waals surface area (Å²) in [4.78, 5) is 17.1. The van der Waals surface area contributed by atoms with Gasteiger partial charge in [0.15, 0.2) is 0 Å². The first kappa shape index (κ1) is 19.0. The highest BCUT2D eigenvalue weighted by Crippen LogP contribution is 2.24. The van der Waals surface area contributed by atoms with Crippen molar-refractivity contribution in [3.63, 3.8) is 0 Å². The Balaban J connectivity index is 1.46. The van der Waals surface area contributed by atoms with E-state index in [1.54, 1.807) is 5.57 Å². The average Bonchev–Trinajstić information content (AvgIpc) is 2.68. The molecule has 0 unspecified atom stereocenters. The van der Waals surface area contributed by atoms with Gasteiger partial charge in [-0.3, -0.25) is 4.90 Å². The molecule has 0 bridgehead atoms. The van der Waals surface area contributed by atoms with Gasteiger partial charge in [0.1, 0.15) is 0 Å². The molecule has 0 saturated carbocycles. The summed E-state index contributed by atoms with van der Waals surface area (Å²) in [5.41, 5.74) is 3.78. The summed E-state index contributed by atoms with van der Waals surface area (Å²) < 4.78 is 0. The zero-order valence-corrected chi connectivity index (χ0v) is 16.3. The molecular formula is C22H33N3O. The fourth-order valence-corrected chi connectivity index (χ4v) is 3.92. The van der Waals surface area contributed by atoms with Crippen molar-refractivity contribution in [3.8, 4) is 0 Å². The third kappa shape index (κ3) is 5.10. The molecule has 0 atom stereocenters. The van der Waals surface area contributed by atoms with Crippen molar-refractivity contribution in [1.29, 1.82) is 0 Å². The Hall–Kier alpha value is -1.81. The molecule has 1 aliphatic heterocycles. The lowest BCUT2D eigenvalue weighted by molar-refractivity contribution is 0.148. The number of hydrogen-bond acceptors (Lipinski definition) is 2. The van der Waals surface area contributed by atoms with Gasteiger partial charge in [0.2, 0.25) is 0 Å². The second kappa shape index (κ2) is 9.22. The lowest BCUT2D eigenvalue weighted by atomic mass is 9.97. The van der Waals surface area contributed by atoms with Crippen molar-refractivity contribution in [3.05, 3.63) is 41.5 Å². The number of rotatable bonds is 5. The van der Waals surface area contributed by atoms with Gasteiger partial charge in [-0.1, -0.05) is 43.7 Å². The van der Waals surface area contributed by atoms with E-state index in [0.29, 0.717) is 5.92 Å². The van der Waals surface area contributed by atoms with Crippen molar-refractivity contribution >= 4 is 11.7 Å². The predicted molar refractivity (Wildman–Crippen MR) is 109 cm³/mol. The monoisotopic (exact) mass is 355 g/mol. The Morgan fingerprint density at radius 3 is 2.58 bits per heavy atom. The fraction of sp³-hybridized carbons (Fsp3) is 0.591. The van der Waals surface area contributed by atoms with Crippen LogP contribution >= 0.6 is 0 Å². The summed E-state index contributed by atoms with van der Waals surface area (Å²) in [6, 6.07) is 8.15. The molecule has 4 heteroatoms. The zero-order valence-electron chi connectivity index (χ0n) is 16.3. The van der Waals surface area contributed by atoms with E-state index < -0.39 is 0 Å². The van der Waals surface area contributed by atoms with Gasteiger partial charge in [-0.05, 0) is 49.7 Å². The van der Waals surface area contributed by atoms with Gasteiger partial charge in [0.25, 0.3) is 0 Å². The molecular weight excluding hydrogens is 322 g/mol. The molecule has 1 saturated heterocycles. The van der Waals surface area contributed by atoms with Crippen LogP contribution in [0.5, 0.6) is 0 Å². The highest BCUT2D eigenvalue weighted by atomic mass is 16.2. The van der Waals surface area contributed by atoms with Crippen molar-refractivity contribution in [1.82, 2.24) is 9.80 Å². The van der Waals surface area contributed by atoms with E-state index >= 15 is 0 Å². The SMILES string of the molecule is CC(C)c1ccccc1NC(=O)N1CCN(CCC2=CCCCC2)CC1. The number of para-hydroxylation sites is 1. The fourth-order valence-electron chi connectivity index (χ4n) is 3.92.